The lowest BCUT2D eigenvalue weighted by atomic mass is 9.86. The van der Waals surface area contributed by atoms with Crippen LogP contribution in [-0.2, 0) is 14.3 Å². The van der Waals surface area contributed by atoms with Crippen molar-refractivity contribution in [1.82, 2.24) is 4.98 Å². The van der Waals surface area contributed by atoms with Crippen LogP contribution < -0.4 is 4.90 Å². The molecule has 1 aromatic heterocycles. The molecule has 0 bridgehead atoms. The van der Waals surface area contributed by atoms with Gasteiger partial charge in [-0.15, -0.1) is 0 Å². The highest BCUT2D eigenvalue weighted by molar-refractivity contribution is 7.17. The third kappa shape index (κ3) is 4.07. The molecule has 1 fully saturated rings. The molecule has 4 rings (SSSR count). The number of ketones is 2. The van der Waals surface area contributed by atoms with E-state index < -0.39 is 41.2 Å². The number of thiazole rings is 1. The molecule has 1 aliphatic heterocycles. The molecule has 1 saturated heterocycles. The summed E-state index contributed by atoms with van der Waals surface area (Å²) in [6.45, 7) is 3.43. The number of aromatic nitrogens is 1. The van der Waals surface area contributed by atoms with Gasteiger partial charge in [-0.25, -0.2) is 14.2 Å². The molecule has 0 radical (unpaired) electrons. The Hall–Kier alpha value is -3.72. The zero-order chi connectivity index (χ0) is 23.7. The number of hydrogen-bond acceptors (Lipinski definition) is 7. The molecular formula is C24H19FN2O5S. The van der Waals surface area contributed by atoms with Gasteiger partial charge in [0, 0.05) is 5.56 Å². The van der Waals surface area contributed by atoms with Crippen molar-refractivity contribution in [3.8, 4) is 0 Å². The number of aryl methyl sites for hydroxylation is 1. The second kappa shape index (κ2) is 9.03. The molecule has 2 aromatic carbocycles. The number of carbonyl (C=O) groups is 4. The van der Waals surface area contributed by atoms with Crippen molar-refractivity contribution in [1.29, 1.82) is 0 Å². The van der Waals surface area contributed by atoms with Crippen LogP contribution in [0.4, 0.5) is 9.52 Å². The summed E-state index contributed by atoms with van der Waals surface area (Å²) in [5.41, 5.74) is 1.01. The predicted octanol–water partition coefficient (Wildman–Crippen LogP) is 3.92. The van der Waals surface area contributed by atoms with Gasteiger partial charge in [0.1, 0.15) is 16.6 Å². The van der Waals surface area contributed by atoms with Crippen LogP contribution in [0.15, 0.2) is 54.6 Å². The monoisotopic (exact) mass is 466 g/mol. The van der Waals surface area contributed by atoms with Crippen molar-refractivity contribution in [2.24, 2.45) is 5.92 Å². The van der Waals surface area contributed by atoms with Gasteiger partial charge in [0.15, 0.2) is 10.9 Å². The summed E-state index contributed by atoms with van der Waals surface area (Å²) in [6.07, 6.45) is 0. The fourth-order valence-electron chi connectivity index (χ4n) is 3.79. The van der Waals surface area contributed by atoms with Crippen LogP contribution in [0.5, 0.6) is 0 Å². The largest absolute Gasteiger partial charge is 0.462 e. The zero-order valence-electron chi connectivity index (χ0n) is 17.8. The van der Waals surface area contributed by atoms with Gasteiger partial charge in [0.05, 0.1) is 18.3 Å². The van der Waals surface area contributed by atoms with Crippen LogP contribution in [0.2, 0.25) is 0 Å². The maximum atomic E-state index is 13.6. The minimum atomic E-state index is -1.35. The standard InChI is InChI=1S/C24H19FN2O5S/c1-3-32-23(31)21-13(2)26-24(33-21)27-18(14-9-11-16(25)12-10-14)17(20(29)22(27)30)19(28)15-7-5-4-6-8-15/h4-12,17-18H,3H2,1-2H3. The molecule has 2 unspecified atom stereocenters. The van der Waals surface area contributed by atoms with Crippen LogP contribution in [0.25, 0.3) is 0 Å². The summed E-state index contributed by atoms with van der Waals surface area (Å²) in [4.78, 5) is 57.4. The van der Waals surface area contributed by atoms with Crippen LogP contribution in [-0.4, -0.2) is 35.0 Å². The number of amides is 1. The lowest BCUT2D eigenvalue weighted by molar-refractivity contribution is -0.135. The van der Waals surface area contributed by atoms with E-state index in [1.54, 1.807) is 44.2 Å². The van der Waals surface area contributed by atoms with Crippen molar-refractivity contribution in [3.63, 3.8) is 0 Å². The van der Waals surface area contributed by atoms with Gasteiger partial charge in [0.2, 0.25) is 5.78 Å². The minimum absolute atomic E-state index is 0.0894. The molecule has 33 heavy (non-hydrogen) atoms. The first-order valence-corrected chi connectivity index (χ1v) is 11.0. The number of Topliss-reactive ketones (excluding diaryl/α,β-unsaturated/α-hetero) is 2. The Bertz CT molecular complexity index is 1240. The van der Waals surface area contributed by atoms with Crippen LogP contribution >= 0.6 is 11.3 Å². The third-order valence-corrected chi connectivity index (χ3v) is 6.45. The first kappa shape index (κ1) is 22.5. The molecule has 0 saturated carbocycles. The molecule has 168 valence electrons. The van der Waals surface area contributed by atoms with Crippen LogP contribution in [0.1, 0.15) is 44.3 Å². The van der Waals surface area contributed by atoms with Gasteiger partial charge in [-0.1, -0.05) is 53.8 Å². The van der Waals surface area contributed by atoms with Gasteiger partial charge < -0.3 is 4.74 Å². The van der Waals surface area contributed by atoms with E-state index in [0.717, 1.165) is 16.2 Å². The van der Waals surface area contributed by atoms with E-state index in [0.29, 0.717) is 11.3 Å². The number of carbonyl (C=O) groups excluding carboxylic acids is 4. The summed E-state index contributed by atoms with van der Waals surface area (Å²) in [6, 6.07) is 12.4. The maximum Gasteiger partial charge on any atom is 0.350 e. The molecule has 0 aliphatic carbocycles. The van der Waals surface area contributed by atoms with E-state index in [4.69, 9.17) is 4.74 Å². The Labute approximate surface area is 192 Å². The second-order valence-corrected chi connectivity index (χ2v) is 8.35. The number of ether oxygens (including phenoxy) is 1. The van der Waals surface area contributed by atoms with E-state index in [2.05, 4.69) is 4.98 Å². The normalized spacial score (nSPS) is 18.0. The molecule has 1 amide bonds. The minimum Gasteiger partial charge on any atom is -0.462 e. The van der Waals surface area contributed by atoms with Crippen LogP contribution in [0.3, 0.4) is 0 Å². The highest BCUT2D eigenvalue weighted by atomic mass is 32.1. The van der Waals surface area contributed by atoms with E-state index >= 15 is 0 Å². The van der Waals surface area contributed by atoms with Gasteiger partial charge in [-0.05, 0) is 31.5 Å². The summed E-state index contributed by atoms with van der Waals surface area (Å²) < 4.78 is 18.6. The van der Waals surface area contributed by atoms with Crippen LogP contribution in [0, 0.1) is 18.7 Å². The average molecular weight is 466 g/mol. The molecule has 9 heteroatoms. The first-order valence-electron chi connectivity index (χ1n) is 10.2. The Morgan fingerprint density at radius 2 is 1.76 bits per heavy atom. The van der Waals surface area contributed by atoms with Crippen molar-refractivity contribution >= 4 is 39.9 Å². The zero-order valence-corrected chi connectivity index (χ0v) is 18.6. The Morgan fingerprint density at radius 3 is 2.39 bits per heavy atom. The highest BCUT2D eigenvalue weighted by Gasteiger charge is 2.53. The summed E-state index contributed by atoms with van der Waals surface area (Å²) in [7, 11) is 0. The van der Waals surface area contributed by atoms with Crippen molar-refractivity contribution < 1.29 is 28.3 Å². The van der Waals surface area contributed by atoms with E-state index in [1.165, 1.54) is 24.3 Å². The second-order valence-electron chi connectivity index (χ2n) is 7.38. The Kier molecular flexibility index (Phi) is 6.15. The van der Waals surface area contributed by atoms with E-state index in [-0.39, 0.29) is 22.2 Å². The molecule has 2 atom stereocenters. The molecule has 0 spiro atoms. The van der Waals surface area contributed by atoms with Crippen molar-refractivity contribution in [2.45, 2.75) is 19.9 Å². The number of nitrogens with zero attached hydrogens (tertiary/aromatic N) is 2. The Morgan fingerprint density at radius 1 is 1.09 bits per heavy atom. The highest BCUT2D eigenvalue weighted by Crippen LogP contribution is 2.43. The van der Waals surface area contributed by atoms with Crippen molar-refractivity contribution in [3.05, 3.63) is 82.1 Å². The summed E-state index contributed by atoms with van der Waals surface area (Å²) in [5, 5.41) is 0.0894. The Balaban J connectivity index is 1.84. The number of esters is 1. The summed E-state index contributed by atoms with van der Waals surface area (Å²) >= 11 is 0.904. The molecule has 7 nitrogen and oxygen atoms in total. The average Bonchev–Trinajstić information content (AvgIpc) is 3.32. The van der Waals surface area contributed by atoms with Gasteiger partial charge >= 0.3 is 5.97 Å². The lowest BCUT2D eigenvalue weighted by Crippen LogP contribution is -2.30. The number of halogens is 1. The molecular weight excluding hydrogens is 447 g/mol. The van der Waals surface area contributed by atoms with Crippen molar-refractivity contribution in [2.75, 3.05) is 11.5 Å². The van der Waals surface area contributed by atoms with E-state index in [1.807, 2.05) is 0 Å². The summed E-state index contributed by atoms with van der Waals surface area (Å²) in [5.74, 6) is -4.76. The van der Waals surface area contributed by atoms with E-state index in [9.17, 15) is 23.6 Å². The number of anilines is 1. The topological polar surface area (TPSA) is 93.6 Å². The van der Waals surface area contributed by atoms with Gasteiger partial charge in [-0.2, -0.15) is 0 Å². The maximum absolute atomic E-state index is 13.6. The number of rotatable bonds is 6. The lowest BCUT2D eigenvalue weighted by Gasteiger charge is -2.25. The van der Waals surface area contributed by atoms with Gasteiger partial charge in [-0.3, -0.25) is 19.3 Å². The first-order chi connectivity index (χ1) is 15.8. The molecule has 1 aliphatic rings. The van der Waals surface area contributed by atoms with Gasteiger partial charge in [0.25, 0.3) is 5.91 Å². The molecule has 3 aromatic rings. The SMILES string of the molecule is CCOC(=O)c1sc(N2C(=O)C(=O)C(C(=O)c3ccccc3)C2c2ccc(F)cc2)nc1C. The molecule has 0 N–H and O–H groups in total. The fraction of sp³-hybridized carbons (Fsp3) is 0.208. The third-order valence-electron chi connectivity index (χ3n) is 5.31. The smallest absolute Gasteiger partial charge is 0.350 e. The fourth-order valence-corrected chi connectivity index (χ4v) is 4.79. The quantitative estimate of drug-likeness (QED) is 0.237. The predicted molar refractivity (Wildman–Crippen MR) is 119 cm³/mol. The number of benzene rings is 2. The molecule has 2 heterocycles. The number of hydrogen-bond donors (Lipinski definition) is 0.